The molecule has 6 heteroatoms. The molecule has 0 aliphatic heterocycles. The molecule has 1 aromatic carbocycles. The highest BCUT2D eigenvalue weighted by molar-refractivity contribution is 5.94. The molecule has 2 rings (SSSR count). The van der Waals surface area contributed by atoms with E-state index < -0.39 is 0 Å². The molecule has 1 heterocycles. The largest absolute Gasteiger partial charge is 0.358 e. The molecule has 0 spiro atoms. The lowest BCUT2D eigenvalue weighted by Gasteiger charge is -2.08. The van der Waals surface area contributed by atoms with Gasteiger partial charge >= 0.3 is 0 Å². The lowest BCUT2D eigenvalue weighted by molar-refractivity contribution is -0.121. The Labute approximate surface area is 123 Å². The zero-order valence-corrected chi connectivity index (χ0v) is 12.1. The number of hydrogen-bond acceptors (Lipinski definition) is 3. The van der Waals surface area contributed by atoms with Gasteiger partial charge in [-0.05, 0) is 36.6 Å². The minimum Gasteiger partial charge on any atom is -0.358 e. The number of fused-ring (bicyclic) bond motifs is 1. The van der Waals surface area contributed by atoms with E-state index in [1.807, 2.05) is 35.0 Å². The molecule has 0 saturated carbocycles. The molecule has 6 nitrogen and oxygen atoms in total. The first-order chi connectivity index (χ1) is 10.1. The summed E-state index contributed by atoms with van der Waals surface area (Å²) in [6.45, 7) is 0.756. The van der Waals surface area contributed by atoms with E-state index in [2.05, 4.69) is 10.6 Å². The predicted molar refractivity (Wildman–Crippen MR) is 82.9 cm³/mol. The molecular formula is C15H20N4O2. The van der Waals surface area contributed by atoms with Crippen LogP contribution >= 0.6 is 0 Å². The Morgan fingerprint density at radius 2 is 2.05 bits per heavy atom. The van der Waals surface area contributed by atoms with Crippen LogP contribution in [-0.2, 0) is 16.1 Å². The first-order valence-corrected chi connectivity index (χ1v) is 6.93. The molecule has 0 atom stereocenters. The Kier molecular flexibility index (Phi) is 4.94. The number of nitrogens with two attached hydrogens (primary N) is 1. The Bertz CT molecular complexity index is 648. The smallest absolute Gasteiger partial charge is 0.239 e. The van der Waals surface area contributed by atoms with Crippen LogP contribution in [0.2, 0.25) is 0 Å². The van der Waals surface area contributed by atoms with Crippen molar-refractivity contribution >= 4 is 28.4 Å². The monoisotopic (exact) mass is 288 g/mol. The lowest BCUT2D eigenvalue weighted by atomic mass is 10.2. The first-order valence-electron chi connectivity index (χ1n) is 6.93. The van der Waals surface area contributed by atoms with E-state index in [1.165, 1.54) is 0 Å². The zero-order chi connectivity index (χ0) is 15.2. The molecule has 0 fully saturated rings. The van der Waals surface area contributed by atoms with Gasteiger partial charge in [0.1, 0.15) is 6.54 Å². The van der Waals surface area contributed by atoms with E-state index in [-0.39, 0.29) is 18.4 Å². The number of rotatable bonds is 6. The van der Waals surface area contributed by atoms with Gasteiger partial charge in [0.25, 0.3) is 0 Å². The van der Waals surface area contributed by atoms with Crippen molar-refractivity contribution in [3.8, 4) is 0 Å². The molecule has 1 aromatic heterocycles. The summed E-state index contributed by atoms with van der Waals surface area (Å²) in [6, 6.07) is 7.60. The topological polar surface area (TPSA) is 89.2 Å². The number of anilines is 1. The summed E-state index contributed by atoms with van der Waals surface area (Å²) in [4.78, 5) is 23.2. The normalized spacial score (nSPS) is 10.6. The predicted octanol–water partition coefficient (Wildman–Crippen LogP) is 1.06. The van der Waals surface area contributed by atoms with Crippen LogP contribution in [0.3, 0.4) is 0 Å². The van der Waals surface area contributed by atoms with Crippen molar-refractivity contribution in [1.82, 2.24) is 9.88 Å². The zero-order valence-electron chi connectivity index (χ0n) is 12.1. The van der Waals surface area contributed by atoms with Gasteiger partial charge in [0.2, 0.25) is 11.8 Å². The van der Waals surface area contributed by atoms with Gasteiger partial charge in [0.05, 0.1) is 5.52 Å². The molecule has 4 N–H and O–H groups in total. The molecule has 2 amide bonds. The van der Waals surface area contributed by atoms with Gasteiger partial charge in [-0.3, -0.25) is 9.59 Å². The summed E-state index contributed by atoms with van der Waals surface area (Å²) in [5.74, 6) is -0.117. The fraction of sp³-hybridized carbons (Fsp3) is 0.333. The second-order valence-corrected chi connectivity index (χ2v) is 4.83. The molecule has 0 aliphatic carbocycles. The molecule has 0 saturated heterocycles. The van der Waals surface area contributed by atoms with E-state index in [0.717, 1.165) is 16.6 Å². The summed E-state index contributed by atoms with van der Waals surface area (Å²) in [6.07, 6.45) is 2.94. The molecule has 0 aliphatic rings. The van der Waals surface area contributed by atoms with E-state index in [1.54, 1.807) is 7.05 Å². The third kappa shape index (κ3) is 3.82. The van der Waals surface area contributed by atoms with E-state index in [0.29, 0.717) is 19.4 Å². The van der Waals surface area contributed by atoms with Crippen LogP contribution in [0.5, 0.6) is 0 Å². The number of hydrogen-bond donors (Lipinski definition) is 3. The highest BCUT2D eigenvalue weighted by atomic mass is 16.2. The average molecular weight is 288 g/mol. The van der Waals surface area contributed by atoms with Crippen molar-refractivity contribution in [3.63, 3.8) is 0 Å². The summed E-state index contributed by atoms with van der Waals surface area (Å²) in [7, 11) is 1.61. The van der Waals surface area contributed by atoms with E-state index >= 15 is 0 Å². The number of nitrogens with one attached hydrogen (secondary N) is 2. The van der Waals surface area contributed by atoms with Crippen molar-refractivity contribution in [1.29, 1.82) is 0 Å². The van der Waals surface area contributed by atoms with Crippen LogP contribution in [-0.4, -0.2) is 30.0 Å². The van der Waals surface area contributed by atoms with Crippen molar-refractivity contribution < 1.29 is 9.59 Å². The molecule has 0 radical (unpaired) electrons. The summed E-state index contributed by atoms with van der Waals surface area (Å²) in [5, 5.41) is 6.47. The number of carbonyl (C=O) groups is 2. The van der Waals surface area contributed by atoms with Crippen LogP contribution in [0.4, 0.5) is 5.69 Å². The van der Waals surface area contributed by atoms with Gasteiger partial charge < -0.3 is 20.9 Å². The van der Waals surface area contributed by atoms with E-state index in [4.69, 9.17) is 5.73 Å². The minimum atomic E-state index is -0.0649. The summed E-state index contributed by atoms with van der Waals surface area (Å²) >= 11 is 0. The Hall–Kier alpha value is -2.34. The SMILES string of the molecule is CNC(=O)Cn1ccc2ccc(NC(=O)CCCN)cc21. The number of nitrogens with zero attached hydrogens (tertiary/aromatic N) is 1. The van der Waals surface area contributed by atoms with E-state index in [9.17, 15) is 9.59 Å². The number of aromatic nitrogens is 1. The maximum Gasteiger partial charge on any atom is 0.239 e. The van der Waals surface area contributed by atoms with Gasteiger partial charge in [-0.15, -0.1) is 0 Å². The highest BCUT2D eigenvalue weighted by Gasteiger charge is 2.07. The van der Waals surface area contributed by atoms with Crippen LogP contribution in [0.15, 0.2) is 30.5 Å². The fourth-order valence-corrected chi connectivity index (χ4v) is 2.12. The molecule has 112 valence electrons. The number of likely N-dealkylation sites (N-methyl/N-ethyl adjacent to an activating group) is 1. The van der Waals surface area contributed by atoms with Gasteiger partial charge in [0.15, 0.2) is 0 Å². The van der Waals surface area contributed by atoms with Crippen LogP contribution in [0, 0.1) is 0 Å². The standard InChI is InChI=1S/C15H20N4O2/c1-17-15(21)10-19-8-6-11-4-5-12(9-13(11)19)18-14(20)3-2-7-16/h4-6,8-9H,2-3,7,10,16H2,1H3,(H,17,21)(H,18,20). The van der Waals surface area contributed by atoms with Gasteiger partial charge in [-0.1, -0.05) is 6.07 Å². The van der Waals surface area contributed by atoms with Crippen molar-refractivity contribution in [2.75, 3.05) is 18.9 Å². The van der Waals surface area contributed by atoms with Gasteiger partial charge in [-0.25, -0.2) is 0 Å². The molecular weight excluding hydrogens is 268 g/mol. The second kappa shape index (κ2) is 6.90. The molecule has 21 heavy (non-hydrogen) atoms. The van der Waals surface area contributed by atoms with Gasteiger partial charge in [-0.2, -0.15) is 0 Å². The summed E-state index contributed by atoms with van der Waals surface area (Å²) in [5.41, 5.74) is 7.02. The quantitative estimate of drug-likeness (QED) is 0.742. The molecule has 2 aromatic rings. The van der Waals surface area contributed by atoms with Crippen LogP contribution < -0.4 is 16.4 Å². The number of benzene rings is 1. The molecule has 0 bridgehead atoms. The van der Waals surface area contributed by atoms with Crippen molar-refractivity contribution in [3.05, 3.63) is 30.5 Å². The van der Waals surface area contributed by atoms with Crippen LogP contribution in [0.1, 0.15) is 12.8 Å². The average Bonchev–Trinajstić information content (AvgIpc) is 2.87. The number of carbonyl (C=O) groups excluding carboxylic acids is 2. The molecule has 0 unspecified atom stereocenters. The first kappa shape index (κ1) is 15.1. The maximum absolute atomic E-state index is 11.7. The minimum absolute atomic E-state index is 0.0517. The Morgan fingerprint density at radius 1 is 1.24 bits per heavy atom. The van der Waals surface area contributed by atoms with Crippen LogP contribution in [0.25, 0.3) is 10.9 Å². The summed E-state index contributed by atoms with van der Waals surface area (Å²) < 4.78 is 1.85. The third-order valence-electron chi connectivity index (χ3n) is 3.26. The maximum atomic E-state index is 11.7. The second-order valence-electron chi connectivity index (χ2n) is 4.83. The Morgan fingerprint density at radius 3 is 2.76 bits per heavy atom. The Balaban J connectivity index is 2.17. The third-order valence-corrected chi connectivity index (χ3v) is 3.26. The van der Waals surface area contributed by atoms with Crippen molar-refractivity contribution in [2.24, 2.45) is 5.73 Å². The van der Waals surface area contributed by atoms with Gasteiger partial charge in [0, 0.05) is 25.4 Å². The lowest BCUT2D eigenvalue weighted by Crippen LogP contribution is -2.23. The number of amides is 2. The fourth-order valence-electron chi connectivity index (χ4n) is 2.12. The van der Waals surface area contributed by atoms with Crippen molar-refractivity contribution in [2.45, 2.75) is 19.4 Å². The highest BCUT2D eigenvalue weighted by Crippen LogP contribution is 2.20.